The summed E-state index contributed by atoms with van der Waals surface area (Å²) in [7, 11) is 0. The van der Waals surface area contributed by atoms with Crippen molar-refractivity contribution in [1.29, 1.82) is 0 Å². The molecule has 0 bridgehead atoms. The number of carbonyl (C=O) groups excluding carboxylic acids is 1. The second kappa shape index (κ2) is 5.85. The van der Waals surface area contributed by atoms with Crippen LogP contribution < -0.4 is 4.90 Å². The van der Waals surface area contributed by atoms with Crippen LogP contribution in [-0.2, 0) is 9.53 Å². The van der Waals surface area contributed by atoms with Gasteiger partial charge < -0.3 is 9.64 Å². The van der Waals surface area contributed by atoms with Crippen LogP contribution in [0.25, 0.3) is 0 Å². The van der Waals surface area contributed by atoms with Gasteiger partial charge in [-0.05, 0) is 32.8 Å². The zero-order valence-corrected chi connectivity index (χ0v) is 11.5. The molecule has 108 valence electrons. The molecular formula is C13H17N3O4. The van der Waals surface area contributed by atoms with Crippen molar-refractivity contribution in [2.45, 2.75) is 32.7 Å². The molecule has 20 heavy (non-hydrogen) atoms. The SMILES string of the molecule is CCOC(=O)C1CCCN1c1ccc([N+](=O)[O-])c(C)n1. The highest BCUT2D eigenvalue weighted by atomic mass is 16.6. The summed E-state index contributed by atoms with van der Waals surface area (Å²) in [5.74, 6) is 0.325. The van der Waals surface area contributed by atoms with E-state index in [4.69, 9.17) is 4.74 Å². The van der Waals surface area contributed by atoms with E-state index < -0.39 is 4.92 Å². The summed E-state index contributed by atoms with van der Waals surface area (Å²) in [4.78, 5) is 28.3. The van der Waals surface area contributed by atoms with E-state index in [9.17, 15) is 14.9 Å². The van der Waals surface area contributed by atoms with Gasteiger partial charge in [0.05, 0.1) is 11.5 Å². The fourth-order valence-electron chi connectivity index (χ4n) is 2.42. The van der Waals surface area contributed by atoms with Crippen molar-refractivity contribution in [3.05, 3.63) is 27.9 Å². The van der Waals surface area contributed by atoms with Crippen LogP contribution in [0.5, 0.6) is 0 Å². The van der Waals surface area contributed by atoms with Gasteiger partial charge in [0, 0.05) is 12.6 Å². The van der Waals surface area contributed by atoms with Gasteiger partial charge in [0.2, 0.25) is 0 Å². The van der Waals surface area contributed by atoms with Crippen LogP contribution >= 0.6 is 0 Å². The van der Waals surface area contributed by atoms with Crippen LogP contribution in [0.4, 0.5) is 11.5 Å². The Bertz CT molecular complexity index is 532. The number of rotatable bonds is 4. The summed E-state index contributed by atoms with van der Waals surface area (Å²) < 4.78 is 5.05. The van der Waals surface area contributed by atoms with E-state index in [0.717, 1.165) is 12.8 Å². The number of aromatic nitrogens is 1. The molecule has 0 aliphatic carbocycles. The molecule has 7 heteroatoms. The van der Waals surface area contributed by atoms with Crippen LogP contribution in [-0.4, -0.2) is 35.1 Å². The standard InChI is InChI=1S/C13H17N3O4/c1-3-20-13(17)11-5-4-8-15(11)12-7-6-10(16(18)19)9(2)14-12/h6-7,11H,3-5,8H2,1-2H3. The number of pyridine rings is 1. The molecule has 1 aliphatic heterocycles. The van der Waals surface area contributed by atoms with Gasteiger partial charge in [-0.1, -0.05) is 0 Å². The third-order valence-electron chi connectivity index (χ3n) is 3.35. The molecule has 1 aliphatic rings. The highest BCUT2D eigenvalue weighted by Crippen LogP contribution is 2.27. The Labute approximate surface area is 116 Å². The molecule has 7 nitrogen and oxygen atoms in total. The predicted molar refractivity (Wildman–Crippen MR) is 72.6 cm³/mol. The Morgan fingerprint density at radius 3 is 2.95 bits per heavy atom. The number of hydrogen-bond donors (Lipinski definition) is 0. The largest absolute Gasteiger partial charge is 0.464 e. The molecule has 1 aromatic rings. The van der Waals surface area contributed by atoms with Gasteiger partial charge in [0.15, 0.2) is 0 Å². The average molecular weight is 279 g/mol. The molecule has 1 saturated heterocycles. The lowest BCUT2D eigenvalue weighted by Crippen LogP contribution is -2.37. The number of esters is 1. The molecule has 0 aromatic carbocycles. The van der Waals surface area contributed by atoms with Crippen LogP contribution in [0.1, 0.15) is 25.5 Å². The van der Waals surface area contributed by atoms with E-state index in [1.54, 1.807) is 19.9 Å². The van der Waals surface area contributed by atoms with Crippen molar-refractivity contribution in [2.24, 2.45) is 0 Å². The summed E-state index contributed by atoms with van der Waals surface area (Å²) in [5.41, 5.74) is 0.336. The molecule has 0 saturated carbocycles. The maximum absolute atomic E-state index is 11.9. The molecular weight excluding hydrogens is 262 g/mol. The number of carbonyl (C=O) groups is 1. The maximum Gasteiger partial charge on any atom is 0.328 e. The zero-order chi connectivity index (χ0) is 14.7. The number of nitro groups is 1. The smallest absolute Gasteiger partial charge is 0.328 e. The van der Waals surface area contributed by atoms with Crippen LogP contribution in [0.2, 0.25) is 0 Å². The Morgan fingerprint density at radius 2 is 2.35 bits per heavy atom. The van der Waals surface area contributed by atoms with Crippen molar-refractivity contribution in [1.82, 2.24) is 4.98 Å². The van der Waals surface area contributed by atoms with E-state index in [1.165, 1.54) is 6.07 Å². The second-order valence-corrected chi connectivity index (χ2v) is 4.63. The Balaban J connectivity index is 2.24. The number of aryl methyl sites for hydroxylation is 1. The molecule has 0 N–H and O–H groups in total. The van der Waals surface area contributed by atoms with E-state index >= 15 is 0 Å². The molecule has 0 radical (unpaired) electrons. The Kier molecular flexibility index (Phi) is 4.16. The summed E-state index contributed by atoms with van der Waals surface area (Å²) >= 11 is 0. The molecule has 1 atom stereocenters. The van der Waals surface area contributed by atoms with Gasteiger partial charge in [-0.25, -0.2) is 9.78 Å². The van der Waals surface area contributed by atoms with Crippen LogP contribution in [0.3, 0.4) is 0 Å². The molecule has 1 unspecified atom stereocenters. The Morgan fingerprint density at radius 1 is 1.60 bits per heavy atom. The molecule has 2 heterocycles. The lowest BCUT2D eigenvalue weighted by atomic mass is 10.2. The highest BCUT2D eigenvalue weighted by molar-refractivity contribution is 5.80. The van der Waals surface area contributed by atoms with Gasteiger partial charge in [0.1, 0.15) is 17.6 Å². The first-order valence-corrected chi connectivity index (χ1v) is 6.60. The minimum Gasteiger partial charge on any atom is -0.464 e. The van der Waals surface area contributed by atoms with Gasteiger partial charge >= 0.3 is 5.97 Å². The lowest BCUT2D eigenvalue weighted by Gasteiger charge is -2.24. The first-order valence-electron chi connectivity index (χ1n) is 6.60. The minimum atomic E-state index is -0.459. The fraction of sp³-hybridized carbons (Fsp3) is 0.538. The third-order valence-corrected chi connectivity index (χ3v) is 3.35. The highest BCUT2D eigenvalue weighted by Gasteiger charge is 2.33. The topological polar surface area (TPSA) is 85.6 Å². The molecule has 0 spiro atoms. The van der Waals surface area contributed by atoms with Crippen molar-refractivity contribution in [3.63, 3.8) is 0 Å². The second-order valence-electron chi connectivity index (χ2n) is 4.63. The summed E-state index contributed by atoms with van der Waals surface area (Å²) in [6.07, 6.45) is 1.59. The summed E-state index contributed by atoms with van der Waals surface area (Å²) in [6, 6.07) is 2.67. The third kappa shape index (κ3) is 2.71. The quantitative estimate of drug-likeness (QED) is 0.475. The van der Waals surface area contributed by atoms with Crippen molar-refractivity contribution < 1.29 is 14.5 Å². The summed E-state index contributed by atoms with van der Waals surface area (Å²) in [6.45, 7) is 4.41. The van der Waals surface area contributed by atoms with Gasteiger partial charge in [-0.3, -0.25) is 10.1 Å². The normalized spacial score (nSPS) is 18.1. The first kappa shape index (κ1) is 14.2. The van der Waals surface area contributed by atoms with Crippen molar-refractivity contribution in [2.75, 3.05) is 18.1 Å². The number of hydrogen-bond acceptors (Lipinski definition) is 6. The predicted octanol–water partition coefficient (Wildman–Crippen LogP) is 1.83. The fourth-order valence-corrected chi connectivity index (χ4v) is 2.42. The number of anilines is 1. The van der Waals surface area contributed by atoms with Gasteiger partial charge in [-0.15, -0.1) is 0 Å². The maximum atomic E-state index is 11.9. The minimum absolute atomic E-state index is 0.0133. The van der Waals surface area contributed by atoms with E-state index in [0.29, 0.717) is 24.7 Å². The first-order chi connectivity index (χ1) is 9.54. The number of ether oxygens (including phenoxy) is 1. The Hall–Kier alpha value is -2.18. The summed E-state index contributed by atoms with van der Waals surface area (Å²) in [5, 5.41) is 10.8. The molecule has 2 rings (SSSR count). The van der Waals surface area contributed by atoms with E-state index in [-0.39, 0.29) is 17.7 Å². The molecule has 1 aromatic heterocycles. The van der Waals surface area contributed by atoms with Crippen molar-refractivity contribution >= 4 is 17.5 Å². The number of nitrogens with zero attached hydrogens (tertiary/aromatic N) is 3. The van der Waals surface area contributed by atoms with Crippen molar-refractivity contribution in [3.8, 4) is 0 Å². The van der Waals surface area contributed by atoms with Crippen LogP contribution in [0.15, 0.2) is 12.1 Å². The van der Waals surface area contributed by atoms with E-state index in [2.05, 4.69) is 4.98 Å². The van der Waals surface area contributed by atoms with Gasteiger partial charge in [0.25, 0.3) is 5.69 Å². The molecule has 0 amide bonds. The van der Waals surface area contributed by atoms with E-state index in [1.807, 2.05) is 4.90 Å². The average Bonchev–Trinajstić information content (AvgIpc) is 2.87. The monoisotopic (exact) mass is 279 g/mol. The molecule has 1 fully saturated rings. The lowest BCUT2D eigenvalue weighted by molar-refractivity contribution is -0.385. The van der Waals surface area contributed by atoms with Crippen LogP contribution in [0, 0.1) is 17.0 Å². The van der Waals surface area contributed by atoms with Gasteiger partial charge in [-0.2, -0.15) is 0 Å². The zero-order valence-electron chi connectivity index (χ0n) is 11.5.